The van der Waals surface area contributed by atoms with Crippen molar-refractivity contribution in [3.05, 3.63) is 42.4 Å². The van der Waals surface area contributed by atoms with Crippen molar-refractivity contribution in [1.82, 2.24) is 10.2 Å². The smallest absolute Gasteiger partial charge is 0.258 e. The topological polar surface area (TPSA) is 54.7 Å². The fraction of sp³-hybridized carbons (Fsp3) is 0.312. The van der Waals surface area contributed by atoms with Crippen molar-refractivity contribution in [2.45, 2.75) is 6.04 Å². The largest absolute Gasteiger partial charge is 0.490 e. The minimum absolute atomic E-state index is 0. The van der Waals surface area contributed by atoms with Gasteiger partial charge in [0.2, 0.25) is 0 Å². The van der Waals surface area contributed by atoms with E-state index in [-0.39, 0.29) is 24.4 Å². The first kappa shape index (κ1) is 14.9. The molecule has 22 heavy (non-hydrogen) atoms. The highest BCUT2D eigenvalue weighted by Crippen LogP contribution is 2.36. The molecule has 1 aromatic heterocycles. The van der Waals surface area contributed by atoms with E-state index in [1.54, 1.807) is 12.5 Å². The Balaban J connectivity index is 0.00000144. The Hall–Kier alpha value is -1.98. The van der Waals surface area contributed by atoms with Crippen molar-refractivity contribution < 1.29 is 13.9 Å². The number of fused-ring (bicyclic) bond motifs is 2. The lowest BCUT2D eigenvalue weighted by Gasteiger charge is -2.33. The number of nitrogens with one attached hydrogen (secondary N) is 1. The summed E-state index contributed by atoms with van der Waals surface area (Å²) in [7, 11) is 0. The molecule has 1 atom stereocenters. The number of hydrogen-bond donors (Lipinski definition) is 1. The van der Waals surface area contributed by atoms with Gasteiger partial charge in [0, 0.05) is 30.8 Å². The number of furan rings is 1. The summed E-state index contributed by atoms with van der Waals surface area (Å²) >= 11 is 0. The Bertz CT molecular complexity index is 672. The van der Waals surface area contributed by atoms with Crippen molar-refractivity contribution in [2.75, 3.05) is 26.2 Å². The first-order valence-corrected chi connectivity index (χ1v) is 7.14. The minimum atomic E-state index is 0. The highest BCUT2D eigenvalue weighted by atomic mass is 35.5. The molecule has 3 heterocycles. The molecule has 116 valence electrons. The molecular formula is C16H17ClN2O3. The van der Waals surface area contributed by atoms with Crippen molar-refractivity contribution in [1.29, 1.82) is 0 Å². The van der Waals surface area contributed by atoms with E-state index < -0.39 is 0 Å². The molecule has 1 N–H and O–H groups in total. The number of carbonyl (C=O) groups is 1. The maximum Gasteiger partial charge on any atom is 0.258 e. The summed E-state index contributed by atoms with van der Waals surface area (Å²) in [6.45, 7) is 2.85. The van der Waals surface area contributed by atoms with Gasteiger partial charge in [0.1, 0.15) is 12.4 Å². The van der Waals surface area contributed by atoms with Crippen LogP contribution in [0.3, 0.4) is 0 Å². The van der Waals surface area contributed by atoms with Crippen LogP contribution >= 0.6 is 12.4 Å². The van der Waals surface area contributed by atoms with Crippen LogP contribution in [0.25, 0.3) is 11.1 Å². The van der Waals surface area contributed by atoms with E-state index in [1.807, 2.05) is 29.2 Å². The van der Waals surface area contributed by atoms with Crippen LogP contribution in [0.1, 0.15) is 10.4 Å². The van der Waals surface area contributed by atoms with Gasteiger partial charge in [0.05, 0.1) is 24.1 Å². The predicted octanol–water partition coefficient (Wildman–Crippen LogP) is 2.17. The van der Waals surface area contributed by atoms with Gasteiger partial charge in [-0.2, -0.15) is 0 Å². The summed E-state index contributed by atoms with van der Waals surface area (Å²) in [5, 5.41) is 3.31. The third kappa shape index (κ3) is 2.36. The van der Waals surface area contributed by atoms with E-state index in [4.69, 9.17) is 9.15 Å². The molecule has 2 aliphatic rings. The summed E-state index contributed by atoms with van der Waals surface area (Å²) in [6.07, 6.45) is 3.30. The lowest BCUT2D eigenvalue weighted by Crippen LogP contribution is -2.54. The molecule has 2 aromatic rings. The SMILES string of the molecule is Cl.O=C1c2cccc(-c3ccoc3)c2OCC2CNCCN12. The van der Waals surface area contributed by atoms with Crippen LogP contribution in [0.5, 0.6) is 5.75 Å². The molecule has 0 spiro atoms. The van der Waals surface area contributed by atoms with Crippen LogP contribution in [0, 0.1) is 0 Å². The van der Waals surface area contributed by atoms with Crippen LogP contribution in [0.15, 0.2) is 41.2 Å². The summed E-state index contributed by atoms with van der Waals surface area (Å²) in [5.41, 5.74) is 2.47. The highest BCUT2D eigenvalue weighted by Gasteiger charge is 2.33. The predicted molar refractivity (Wildman–Crippen MR) is 84.6 cm³/mol. The molecule has 0 saturated carbocycles. The summed E-state index contributed by atoms with van der Waals surface area (Å²) in [6, 6.07) is 7.66. The van der Waals surface area contributed by atoms with Crippen molar-refractivity contribution >= 4 is 18.3 Å². The van der Waals surface area contributed by atoms with Gasteiger partial charge in [0.15, 0.2) is 0 Å². The standard InChI is InChI=1S/C16H16N2O3.ClH/c19-16-14-3-1-2-13(11-4-7-20-9-11)15(14)21-10-12-8-17-5-6-18(12)16;/h1-4,7,9,12,17H,5-6,8,10H2;1H. The van der Waals surface area contributed by atoms with Crippen LogP contribution in [-0.4, -0.2) is 43.1 Å². The fourth-order valence-electron chi connectivity index (χ4n) is 3.02. The number of hydrogen-bond acceptors (Lipinski definition) is 4. The van der Waals surface area contributed by atoms with Gasteiger partial charge >= 0.3 is 0 Å². The van der Waals surface area contributed by atoms with Crippen molar-refractivity contribution in [3.8, 4) is 16.9 Å². The summed E-state index contributed by atoms with van der Waals surface area (Å²) < 4.78 is 11.2. The van der Waals surface area contributed by atoms with Crippen LogP contribution in [-0.2, 0) is 0 Å². The van der Waals surface area contributed by atoms with Gasteiger partial charge in [0.25, 0.3) is 5.91 Å². The molecule has 0 radical (unpaired) electrons. The number of piperazine rings is 1. The first-order chi connectivity index (χ1) is 10.3. The third-order valence-electron chi connectivity index (χ3n) is 4.11. The van der Waals surface area contributed by atoms with E-state index in [1.165, 1.54) is 0 Å². The second-order valence-corrected chi connectivity index (χ2v) is 5.36. The number of amides is 1. The van der Waals surface area contributed by atoms with Crippen LogP contribution < -0.4 is 10.1 Å². The first-order valence-electron chi connectivity index (χ1n) is 7.14. The molecule has 1 saturated heterocycles. The Kier molecular flexibility index (Phi) is 4.09. The quantitative estimate of drug-likeness (QED) is 0.875. The Morgan fingerprint density at radius 2 is 2.09 bits per heavy atom. The molecule has 1 aromatic carbocycles. The van der Waals surface area contributed by atoms with Gasteiger partial charge < -0.3 is 19.4 Å². The Morgan fingerprint density at radius 3 is 2.91 bits per heavy atom. The summed E-state index contributed by atoms with van der Waals surface area (Å²) in [4.78, 5) is 14.7. The molecule has 1 fully saturated rings. The van der Waals surface area contributed by atoms with Gasteiger partial charge in [-0.3, -0.25) is 4.79 Å². The van der Waals surface area contributed by atoms with E-state index in [2.05, 4.69) is 5.32 Å². The molecule has 6 heteroatoms. The molecule has 5 nitrogen and oxygen atoms in total. The lowest BCUT2D eigenvalue weighted by molar-refractivity contribution is 0.0606. The zero-order chi connectivity index (χ0) is 14.2. The average molecular weight is 321 g/mol. The third-order valence-corrected chi connectivity index (χ3v) is 4.11. The van der Waals surface area contributed by atoms with Crippen LogP contribution in [0.2, 0.25) is 0 Å². The number of nitrogens with zero attached hydrogens (tertiary/aromatic N) is 1. The van der Waals surface area contributed by atoms with Gasteiger partial charge in [-0.15, -0.1) is 12.4 Å². The Labute approximate surface area is 134 Å². The van der Waals surface area contributed by atoms with E-state index >= 15 is 0 Å². The zero-order valence-electron chi connectivity index (χ0n) is 12.0. The molecule has 1 amide bonds. The molecule has 0 bridgehead atoms. The zero-order valence-corrected chi connectivity index (χ0v) is 12.8. The maximum atomic E-state index is 12.8. The molecular weight excluding hydrogens is 304 g/mol. The van der Waals surface area contributed by atoms with Gasteiger partial charge in [-0.05, 0) is 12.1 Å². The molecule has 2 aliphatic heterocycles. The number of halogens is 1. The van der Waals surface area contributed by atoms with Crippen LogP contribution in [0.4, 0.5) is 0 Å². The fourth-order valence-corrected chi connectivity index (χ4v) is 3.02. The second kappa shape index (κ2) is 6.02. The number of rotatable bonds is 1. The van der Waals surface area contributed by atoms with Gasteiger partial charge in [-0.25, -0.2) is 0 Å². The lowest BCUT2D eigenvalue weighted by atomic mass is 10.0. The molecule has 4 rings (SSSR count). The Morgan fingerprint density at radius 1 is 1.23 bits per heavy atom. The maximum absolute atomic E-state index is 12.8. The van der Waals surface area contributed by atoms with Crippen molar-refractivity contribution in [3.63, 3.8) is 0 Å². The van der Waals surface area contributed by atoms with Gasteiger partial charge in [-0.1, -0.05) is 12.1 Å². The molecule has 1 unspecified atom stereocenters. The van der Waals surface area contributed by atoms with E-state index in [0.717, 1.165) is 30.8 Å². The summed E-state index contributed by atoms with van der Waals surface area (Å²) in [5.74, 6) is 0.720. The normalized spacial score (nSPS) is 20.3. The van der Waals surface area contributed by atoms with E-state index in [0.29, 0.717) is 17.9 Å². The number of para-hydroxylation sites is 1. The monoisotopic (exact) mass is 320 g/mol. The minimum Gasteiger partial charge on any atom is -0.490 e. The number of ether oxygens (including phenoxy) is 1. The number of carbonyl (C=O) groups excluding carboxylic acids is 1. The highest BCUT2D eigenvalue weighted by molar-refractivity contribution is 6.00. The van der Waals surface area contributed by atoms with E-state index in [9.17, 15) is 4.79 Å². The average Bonchev–Trinajstić information content (AvgIpc) is 3.02. The van der Waals surface area contributed by atoms with Crippen molar-refractivity contribution in [2.24, 2.45) is 0 Å². The number of benzene rings is 1. The second-order valence-electron chi connectivity index (χ2n) is 5.36. The molecule has 0 aliphatic carbocycles.